The van der Waals surface area contributed by atoms with Crippen molar-refractivity contribution >= 4 is 5.91 Å². The van der Waals surface area contributed by atoms with E-state index < -0.39 is 6.10 Å². The van der Waals surface area contributed by atoms with Crippen LogP contribution >= 0.6 is 0 Å². The number of carbonyl (C=O) groups is 1. The first-order chi connectivity index (χ1) is 12.1. The van der Waals surface area contributed by atoms with E-state index >= 15 is 0 Å². The van der Waals surface area contributed by atoms with Crippen LogP contribution in [0.1, 0.15) is 37.4 Å². The third-order valence-corrected chi connectivity index (χ3v) is 5.61. The van der Waals surface area contributed by atoms with Crippen molar-refractivity contribution in [3.05, 3.63) is 35.9 Å². The van der Waals surface area contributed by atoms with Crippen molar-refractivity contribution in [3.63, 3.8) is 0 Å². The fourth-order valence-electron chi connectivity index (χ4n) is 3.92. The maximum Gasteiger partial charge on any atom is 0.225 e. The zero-order valence-corrected chi connectivity index (χ0v) is 15.3. The van der Waals surface area contributed by atoms with Crippen molar-refractivity contribution in [1.82, 2.24) is 14.7 Å². The highest BCUT2D eigenvalue weighted by Crippen LogP contribution is 2.21. The highest BCUT2D eigenvalue weighted by molar-refractivity contribution is 5.77. The van der Waals surface area contributed by atoms with Crippen LogP contribution in [0.5, 0.6) is 0 Å². The summed E-state index contributed by atoms with van der Waals surface area (Å²) in [5.41, 5.74) is 0.821. The topological polar surface area (TPSA) is 47.0 Å². The second-order valence-corrected chi connectivity index (χ2v) is 7.46. The molecular formula is C20H31N3O2. The molecule has 0 bridgehead atoms. The second kappa shape index (κ2) is 8.79. The minimum Gasteiger partial charge on any atom is -0.388 e. The standard InChI is InChI=1S/C20H31N3O2/c1-21-11-13-22(14-12-21)18-9-5-6-10-23(16-18)20(25)15-19(24)17-7-3-2-4-8-17/h2-4,7-8,18-19,24H,5-6,9-16H2,1H3. The summed E-state index contributed by atoms with van der Waals surface area (Å²) in [7, 11) is 2.17. The molecule has 2 unspecified atom stereocenters. The molecule has 3 rings (SSSR count). The Balaban J connectivity index is 1.57. The molecule has 2 aliphatic rings. The number of hydrogen-bond acceptors (Lipinski definition) is 4. The van der Waals surface area contributed by atoms with Gasteiger partial charge in [0.2, 0.25) is 5.91 Å². The molecular weight excluding hydrogens is 314 g/mol. The summed E-state index contributed by atoms with van der Waals surface area (Å²) in [6.07, 6.45) is 2.90. The lowest BCUT2D eigenvalue weighted by Crippen LogP contribution is -2.52. The van der Waals surface area contributed by atoms with Crippen LogP contribution in [0.2, 0.25) is 0 Å². The average Bonchev–Trinajstić information content (AvgIpc) is 2.89. The summed E-state index contributed by atoms with van der Waals surface area (Å²) < 4.78 is 0. The normalized spacial score (nSPS) is 24.7. The molecule has 0 aliphatic carbocycles. The molecule has 0 saturated carbocycles. The molecule has 5 nitrogen and oxygen atoms in total. The van der Waals surface area contributed by atoms with Crippen LogP contribution in [-0.4, -0.2) is 78.1 Å². The van der Waals surface area contributed by atoms with Crippen LogP contribution in [0.3, 0.4) is 0 Å². The Morgan fingerprint density at radius 1 is 1.12 bits per heavy atom. The van der Waals surface area contributed by atoms with E-state index in [1.807, 2.05) is 35.2 Å². The third kappa shape index (κ3) is 5.03. The summed E-state index contributed by atoms with van der Waals surface area (Å²) >= 11 is 0. The minimum atomic E-state index is -0.709. The number of carbonyl (C=O) groups excluding carboxylic acids is 1. The van der Waals surface area contributed by atoms with Gasteiger partial charge >= 0.3 is 0 Å². The lowest BCUT2D eigenvalue weighted by molar-refractivity contribution is -0.134. The molecule has 0 spiro atoms. The van der Waals surface area contributed by atoms with Gasteiger partial charge in [-0.2, -0.15) is 0 Å². The molecule has 2 heterocycles. The van der Waals surface area contributed by atoms with Gasteiger partial charge in [-0.3, -0.25) is 9.69 Å². The summed E-state index contributed by atoms with van der Waals surface area (Å²) in [4.78, 5) is 19.7. The first kappa shape index (κ1) is 18.4. The smallest absolute Gasteiger partial charge is 0.225 e. The molecule has 0 radical (unpaired) electrons. The highest BCUT2D eigenvalue weighted by atomic mass is 16.3. The van der Waals surface area contributed by atoms with Crippen molar-refractivity contribution in [1.29, 1.82) is 0 Å². The van der Waals surface area contributed by atoms with Gasteiger partial charge in [-0.25, -0.2) is 0 Å². The average molecular weight is 345 g/mol. The Morgan fingerprint density at radius 2 is 1.84 bits per heavy atom. The zero-order valence-electron chi connectivity index (χ0n) is 15.3. The van der Waals surface area contributed by atoms with Gasteiger partial charge in [-0.15, -0.1) is 0 Å². The number of piperazine rings is 1. The molecule has 0 aromatic heterocycles. The van der Waals surface area contributed by atoms with Gasteiger partial charge in [0.1, 0.15) is 0 Å². The Morgan fingerprint density at radius 3 is 2.56 bits per heavy atom. The summed E-state index contributed by atoms with van der Waals surface area (Å²) in [6, 6.07) is 9.96. The van der Waals surface area contributed by atoms with E-state index in [1.165, 1.54) is 12.8 Å². The largest absolute Gasteiger partial charge is 0.388 e. The summed E-state index contributed by atoms with van der Waals surface area (Å²) in [5, 5.41) is 10.4. The maximum atomic E-state index is 12.8. The molecule has 1 amide bonds. The molecule has 1 N–H and O–H groups in total. The van der Waals surface area contributed by atoms with Crippen molar-refractivity contribution in [2.45, 2.75) is 37.8 Å². The molecule has 1 aromatic rings. The molecule has 25 heavy (non-hydrogen) atoms. The molecule has 2 saturated heterocycles. The monoisotopic (exact) mass is 345 g/mol. The highest BCUT2D eigenvalue weighted by Gasteiger charge is 2.28. The number of likely N-dealkylation sites (tertiary alicyclic amines) is 1. The fourth-order valence-corrected chi connectivity index (χ4v) is 3.92. The van der Waals surface area contributed by atoms with E-state index in [0.717, 1.165) is 51.3 Å². The Hall–Kier alpha value is -1.43. The first-order valence-corrected chi connectivity index (χ1v) is 9.57. The van der Waals surface area contributed by atoms with Crippen LogP contribution in [0.15, 0.2) is 30.3 Å². The van der Waals surface area contributed by atoms with Crippen molar-refractivity contribution < 1.29 is 9.90 Å². The van der Waals surface area contributed by atoms with E-state index in [9.17, 15) is 9.90 Å². The number of amides is 1. The van der Waals surface area contributed by atoms with E-state index in [2.05, 4.69) is 16.8 Å². The molecule has 5 heteroatoms. The van der Waals surface area contributed by atoms with Gasteiger partial charge in [-0.1, -0.05) is 36.8 Å². The van der Waals surface area contributed by atoms with Gasteiger partial charge in [-0.05, 0) is 25.5 Å². The SMILES string of the molecule is CN1CCN(C2CCCCN(C(=O)CC(O)c3ccccc3)C2)CC1. The van der Waals surface area contributed by atoms with E-state index in [0.29, 0.717) is 6.04 Å². The maximum absolute atomic E-state index is 12.8. The van der Waals surface area contributed by atoms with Crippen molar-refractivity contribution in [3.8, 4) is 0 Å². The quantitative estimate of drug-likeness (QED) is 0.903. The van der Waals surface area contributed by atoms with Gasteiger partial charge in [0.25, 0.3) is 0 Å². The number of hydrogen-bond donors (Lipinski definition) is 1. The van der Waals surface area contributed by atoms with Crippen LogP contribution in [0.25, 0.3) is 0 Å². The van der Waals surface area contributed by atoms with Crippen LogP contribution in [0, 0.1) is 0 Å². The number of nitrogens with zero attached hydrogens (tertiary/aromatic N) is 3. The third-order valence-electron chi connectivity index (χ3n) is 5.61. The van der Waals surface area contributed by atoms with Crippen LogP contribution in [0.4, 0.5) is 0 Å². The molecule has 2 aliphatic heterocycles. The lowest BCUT2D eigenvalue weighted by Gasteiger charge is -2.39. The summed E-state index contributed by atoms with van der Waals surface area (Å²) in [6.45, 7) is 6.04. The number of rotatable bonds is 4. The van der Waals surface area contributed by atoms with Crippen molar-refractivity contribution in [2.24, 2.45) is 0 Å². The predicted octanol–water partition coefficient (Wildman–Crippen LogP) is 1.74. The summed E-state index contributed by atoms with van der Waals surface area (Å²) in [5.74, 6) is 0.0809. The van der Waals surface area contributed by atoms with Gasteiger partial charge < -0.3 is 14.9 Å². The lowest BCUT2D eigenvalue weighted by atomic mass is 10.1. The number of likely N-dealkylation sites (N-methyl/N-ethyl adjacent to an activating group) is 1. The number of aliphatic hydroxyl groups excluding tert-OH is 1. The molecule has 138 valence electrons. The minimum absolute atomic E-state index is 0.0809. The molecule has 2 atom stereocenters. The van der Waals surface area contributed by atoms with Crippen LogP contribution < -0.4 is 0 Å². The fraction of sp³-hybridized carbons (Fsp3) is 0.650. The van der Waals surface area contributed by atoms with Crippen molar-refractivity contribution in [2.75, 3.05) is 46.3 Å². The van der Waals surface area contributed by atoms with Crippen LogP contribution in [-0.2, 0) is 4.79 Å². The molecule has 1 aromatic carbocycles. The van der Waals surface area contributed by atoms with E-state index in [-0.39, 0.29) is 12.3 Å². The predicted molar refractivity (Wildman–Crippen MR) is 99.3 cm³/mol. The van der Waals surface area contributed by atoms with E-state index in [1.54, 1.807) is 0 Å². The number of aliphatic hydroxyl groups is 1. The zero-order chi connectivity index (χ0) is 17.6. The Bertz CT molecular complexity index is 543. The van der Waals surface area contributed by atoms with Gasteiger partial charge in [0.05, 0.1) is 12.5 Å². The number of benzene rings is 1. The van der Waals surface area contributed by atoms with Gasteiger partial charge in [0, 0.05) is 45.3 Å². The van der Waals surface area contributed by atoms with E-state index in [4.69, 9.17) is 0 Å². The molecule has 2 fully saturated rings. The van der Waals surface area contributed by atoms with Gasteiger partial charge in [0.15, 0.2) is 0 Å². The Labute approximate surface area is 151 Å². The Kier molecular flexibility index (Phi) is 6.45. The second-order valence-electron chi connectivity index (χ2n) is 7.46. The first-order valence-electron chi connectivity index (χ1n) is 9.57.